The molecule has 3 heterocycles. The van der Waals surface area contributed by atoms with Crippen LogP contribution >= 0.6 is 11.6 Å². The van der Waals surface area contributed by atoms with Gasteiger partial charge in [0.1, 0.15) is 6.61 Å². The Hall–Kier alpha value is -2.91. The number of hydrogen-bond acceptors (Lipinski definition) is 7. The molecule has 0 saturated carbocycles. The van der Waals surface area contributed by atoms with Gasteiger partial charge in [-0.2, -0.15) is 4.98 Å². The van der Waals surface area contributed by atoms with Gasteiger partial charge in [-0.3, -0.25) is 5.32 Å². The minimum atomic E-state index is -0.269. The Morgan fingerprint density at radius 1 is 1.33 bits per heavy atom. The molecule has 0 aliphatic carbocycles. The van der Waals surface area contributed by atoms with E-state index in [0.29, 0.717) is 41.4 Å². The van der Waals surface area contributed by atoms with Gasteiger partial charge in [0.25, 0.3) is 5.89 Å². The molecule has 9 nitrogen and oxygen atoms in total. The van der Waals surface area contributed by atoms with Crippen molar-refractivity contribution in [2.45, 2.75) is 19.6 Å². The van der Waals surface area contributed by atoms with Crippen molar-refractivity contribution in [2.75, 3.05) is 18.4 Å². The fourth-order valence-corrected chi connectivity index (χ4v) is 2.79. The Labute approximate surface area is 159 Å². The third-order valence-electron chi connectivity index (χ3n) is 4.00. The molecule has 4 rings (SSSR count). The van der Waals surface area contributed by atoms with Gasteiger partial charge in [0.05, 0.1) is 19.2 Å². The molecule has 1 N–H and O–H groups in total. The average Bonchev–Trinajstić information content (AvgIpc) is 3.22. The summed E-state index contributed by atoms with van der Waals surface area (Å²) in [5.41, 5.74) is 0.782. The van der Waals surface area contributed by atoms with Gasteiger partial charge in [0.15, 0.2) is 17.4 Å². The van der Waals surface area contributed by atoms with E-state index in [2.05, 4.69) is 20.6 Å². The molecule has 1 aliphatic rings. The minimum absolute atomic E-state index is 0.0673. The second-order valence-electron chi connectivity index (χ2n) is 6.09. The number of urea groups is 1. The van der Waals surface area contributed by atoms with Gasteiger partial charge in [0, 0.05) is 16.7 Å². The number of amides is 2. The molecule has 3 aromatic rings. The number of anilines is 1. The highest BCUT2D eigenvalue weighted by Crippen LogP contribution is 2.25. The van der Waals surface area contributed by atoms with E-state index in [4.69, 9.17) is 25.4 Å². The van der Waals surface area contributed by atoms with E-state index in [1.807, 2.05) is 12.1 Å². The molecule has 140 valence electrons. The van der Waals surface area contributed by atoms with Crippen LogP contribution in [0.25, 0.3) is 11.3 Å². The topological polar surface area (TPSA) is 107 Å². The summed E-state index contributed by atoms with van der Waals surface area (Å²) in [5.74, 6) is 1.84. The summed E-state index contributed by atoms with van der Waals surface area (Å²) in [6.45, 7) is 2.91. The Balaban J connectivity index is 1.26. The van der Waals surface area contributed by atoms with Crippen molar-refractivity contribution >= 4 is 23.4 Å². The van der Waals surface area contributed by atoms with Gasteiger partial charge in [0.2, 0.25) is 0 Å². The molecule has 2 aromatic heterocycles. The van der Waals surface area contributed by atoms with Crippen LogP contribution in [0, 0.1) is 6.92 Å². The number of ether oxygens (including phenoxy) is 1. The molecule has 1 fully saturated rings. The molecule has 2 amide bonds. The van der Waals surface area contributed by atoms with Crippen LogP contribution in [0.2, 0.25) is 5.02 Å². The summed E-state index contributed by atoms with van der Waals surface area (Å²) in [6.07, 6.45) is -0.0673. The summed E-state index contributed by atoms with van der Waals surface area (Å²) in [7, 11) is 0. The second-order valence-corrected chi connectivity index (χ2v) is 6.53. The lowest BCUT2D eigenvalue weighted by Gasteiger charge is -2.38. The third-order valence-corrected chi connectivity index (χ3v) is 4.24. The van der Waals surface area contributed by atoms with Crippen molar-refractivity contribution in [1.29, 1.82) is 0 Å². The normalized spacial score (nSPS) is 14.2. The third kappa shape index (κ3) is 4.09. The molecule has 27 heavy (non-hydrogen) atoms. The Bertz CT molecular complexity index is 950. The molecule has 0 atom stereocenters. The molecular formula is C17H16ClN5O4. The number of hydrogen-bond donors (Lipinski definition) is 1. The van der Waals surface area contributed by atoms with E-state index < -0.39 is 0 Å². The van der Waals surface area contributed by atoms with Gasteiger partial charge < -0.3 is 18.7 Å². The number of aromatic nitrogens is 3. The van der Waals surface area contributed by atoms with Crippen LogP contribution in [-0.4, -0.2) is 45.4 Å². The number of halogens is 1. The monoisotopic (exact) mass is 389 g/mol. The van der Waals surface area contributed by atoms with Crippen LogP contribution in [0.15, 0.2) is 39.4 Å². The van der Waals surface area contributed by atoms with Crippen LogP contribution in [0.4, 0.5) is 10.6 Å². The first kappa shape index (κ1) is 17.5. The maximum atomic E-state index is 12.2. The molecule has 0 bridgehead atoms. The molecule has 0 spiro atoms. The molecule has 1 saturated heterocycles. The highest BCUT2D eigenvalue weighted by molar-refractivity contribution is 6.30. The summed E-state index contributed by atoms with van der Waals surface area (Å²) in [5, 5.41) is 10.9. The van der Waals surface area contributed by atoms with Gasteiger partial charge in [-0.15, -0.1) is 0 Å². The largest absolute Gasteiger partial charge is 0.365 e. The molecule has 0 radical (unpaired) electrons. The maximum absolute atomic E-state index is 12.2. The average molecular weight is 390 g/mol. The van der Waals surface area contributed by atoms with Crippen LogP contribution in [-0.2, 0) is 11.3 Å². The van der Waals surface area contributed by atoms with Crippen LogP contribution in [0.1, 0.15) is 11.7 Å². The predicted molar refractivity (Wildman–Crippen MR) is 95.2 cm³/mol. The highest BCUT2D eigenvalue weighted by Gasteiger charge is 2.32. The van der Waals surface area contributed by atoms with E-state index in [9.17, 15) is 4.79 Å². The van der Waals surface area contributed by atoms with E-state index in [0.717, 1.165) is 5.56 Å². The number of carbonyl (C=O) groups is 1. The first-order valence-electron chi connectivity index (χ1n) is 8.26. The lowest BCUT2D eigenvalue weighted by atomic mass is 10.2. The van der Waals surface area contributed by atoms with Gasteiger partial charge in [-0.1, -0.05) is 34.0 Å². The van der Waals surface area contributed by atoms with Gasteiger partial charge >= 0.3 is 6.03 Å². The van der Waals surface area contributed by atoms with E-state index >= 15 is 0 Å². The quantitative estimate of drug-likeness (QED) is 0.714. The van der Waals surface area contributed by atoms with Crippen molar-refractivity contribution < 1.29 is 18.6 Å². The number of benzene rings is 1. The number of likely N-dealkylation sites (tertiary alicyclic amines) is 1. The summed E-state index contributed by atoms with van der Waals surface area (Å²) < 4.78 is 15.9. The number of nitrogens with one attached hydrogen (secondary N) is 1. The second kappa shape index (κ2) is 7.37. The van der Waals surface area contributed by atoms with Crippen LogP contribution in [0.5, 0.6) is 0 Å². The van der Waals surface area contributed by atoms with Crippen molar-refractivity contribution in [3.8, 4) is 11.3 Å². The fraction of sp³-hybridized carbons (Fsp3) is 0.294. The fourth-order valence-electron chi connectivity index (χ4n) is 2.60. The number of aryl methyl sites for hydroxylation is 1. The Kier molecular flexibility index (Phi) is 4.78. The zero-order valence-corrected chi connectivity index (χ0v) is 15.1. The summed E-state index contributed by atoms with van der Waals surface area (Å²) >= 11 is 5.97. The van der Waals surface area contributed by atoms with Crippen molar-refractivity contribution in [3.63, 3.8) is 0 Å². The number of rotatable bonds is 5. The lowest BCUT2D eigenvalue weighted by Crippen LogP contribution is -2.56. The first-order valence-corrected chi connectivity index (χ1v) is 8.64. The molecular weight excluding hydrogens is 374 g/mol. The van der Waals surface area contributed by atoms with Gasteiger partial charge in [-0.25, -0.2) is 4.79 Å². The standard InChI is InChI=1S/C17H16ClN5O4/c1-10-19-16(27-21-10)9-25-13-7-23(8-13)17(24)20-15-6-14(26-22-15)11-3-2-4-12(18)5-11/h2-6,13H,7-9H2,1H3,(H,20,22,24). The Morgan fingerprint density at radius 2 is 2.19 bits per heavy atom. The highest BCUT2D eigenvalue weighted by atomic mass is 35.5. The molecule has 1 aromatic carbocycles. The van der Waals surface area contributed by atoms with Gasteiger partial charge in [-0.05, 0) is 19.1 Å². The summed E-state index contributed by atoms with van der Waals surface area (Å²) in [6, 6.07) is 8.57. The van der Waals surface area contributed by atoms with E-state index in [-0.39, 0.29) is 18.7 Å². The predicted octanol–water partition coefficient (Wildman–Crippen LogP) is 3.12. The van der Waals surface area contributed by atoms with Crippen molar-refractivity contribution in [1.82, 2.24) is 20.2 Å². The lowest BCUT2D eigenvalue weighted by molar-refractivity contribution is -0.0496. The van der Waals surface area contributed by atoms with E-state index in [1.165, 1.54) is 0 Å². The molecule has 1 aliphatic heterocycles. The smallest absolute Gasteiger partial charge is 0.323 e. The SMILES string of the molecule is Cc1noc(COC2CN(C(=O)Nc3cc(-c4cccc(Cl)c4)on3)C2)n1. The Morgan fingerprint density at radius 3 is 2.93 bits per heavy atom. The maximum Gasteiger partial charge on any atom is 0.323 e. The molecule has 10 heteroatoms. The van der Waals surface area contributed by atoms with Crippen LogP contribution < -0.4 is 5.32 Å². The van der Waals surface area contributed by atoms with Crippen molar-refractivity contribution in [2.24, 2.45) is 0 Å². The minimum Gasteiger partial charge on any atom is -0.365 e. The summed E-state index contributed by atoms with van der Waals surface area (Å²) in [4.78, 5) is 17.9. The number of carbonyl (C=O) groups excluding carboxylic acids is 1. The van der Waals surface area contributed by atoms with Crippen molar-refractivity contribution in [3.05, 3.63) is 47.1 Å². The molecule has 0 unspecified atom stereocenters. The van der Waals surface area contributed by atoms with Crippen LogP contribution in [0.3, 0.4) is 0 Å². The first-order chi connectivity index (χ1) is 13.1. The number of nitrogens with zero attached hydrogens (tertiary/aromatic N) is 4. The zero-order valence-electron chi connectivity index (χ0n) is 14.4. The zero-order chi connectivity index (χ0) is 18.8. The van der Waals surface area contributed by atoms with E-state index in [1.54, 1.807) is 30.0 Å².